The first-order valence-corrected chi connectivity index (χ1v) is 12.0. The molecule has 1 fully saturated rings. The smallest absolute Gasteiger partial charge is 0.410 e. The Hall–Kier alpha value is -3.13. The molecule has 1 aromatic carbocycles. The standard InChI is InChI=1S/C27H35N3O5/c1-16-20(17-12-14-30(15-13-17)25(31)35-26(2,3)4)21(33-7)22-23(28-16)29-24(34-22)18-8-10-19(11-9-18)27(5,6)32/h8-11,17,32H,12-15H2,1-7H3. The average molecular weight is 482 g/mol. The van der Waals surface area contributed by atoms with E-state index in [0.717, 1.165) is 35.2 Å². The maximum absolute atomic E-state index is 12.5. The molecule has 0 saturated carbocycles. The van der Waals surface area contributed by atoms with Gasteiger partial charge in [0.1, 0.15) is 5.60 Å². The third-order valence-corrected chi connectivity index (χ3v) is 6.32. The first-order chi connectivity index (χ1) is 16.4. The van der Waals surface area contributed by atoms with E-state index in [1.54, 1.807) is 25.9 Å². The summed E-state index contributed by atoms with van der Waals surface area (Å²) < 4.78 is 17.5. The lowest BCUT2D eigenvalue weighted by molar-refractivity contribution is 0.0204. The highest BCUT2D eigenvalue weighted by molar-refractivity contribution is 5.81. The van der Waals surface area contributed by atoms with Gasteiger partial charge in [0.25, 0.3) is 0 Å². The number of pyridine rings is 1. The van der Waals surface area contributed by atoms with Crippen LogP contribution in [-0.2, 0) is 10.3 Å². The number of nitrogens with zero attached hydrogens (tertiary/aromatic N) is 3. The fraction of sp³-hybridized carbons (Fsp3) is 0.519. The van der Waals surface area contributed by atoms with Gasteiger partial charge in [-0.2, -0.15) is 4.98 Å². The second-order valence-electron chi connectivity index (χ2n) is 10.7. The molecule has 0 bridgehead atoms. The third kappa shape index (κ3) is 5.27. The normalized spacial score (nSPS) is 15.5. The Labute approximate surface area is 206 Å². The van der Waals surface area contributed by atoms with Gasteiger partial charge in [-0.1, -0.05) is 12.1 Å². The number of carbonyl (C=O) groups excluding carboxylic acids is 1. The number of likely N-dealkylation sites (tertiary alicyclic amines) is 1. The lowest BCUT2D eigenvalue weighted by atomic mass is 9.88. The van der Waals surface area contributed by atoms with Crippen LogP contribution in [0.25, 0.3) is 22.7 Å². The summed E-state index contributed by atoms with van der Waals surface area (Å²) in [6.07, 6.45) is 1.29. The van der Waals surface area contributed by atoms with E-state index in [9.17, 15) is 9.90 Å². The molecule has 8 nitrogen and oxygen atoms in total. The van der Waals surface area contributed by atoms with Crippen molar-refractivity contribution in [2.75, 3.05) is 20.2 Å². The fourth-order valence-electron chi connectivity index (χ4n) is 4.55. The van der Waals surface area contributed by atoms with Crippen molar-refractivity contribution in [3.8, 4) is 17.2 Å². The first kappa shape index (κ1) is 25.0. The van der Waals surface area contributed by atoms with Gasteiger partial charge in [0.15, 0.2) is 5.75 Å². The molecule has 0 spiro atoms. The average Bonchev–Trinajstić information content (AvgIpc) is 3.20. The minimum absolute atomic E-state index is 0.181. The summed E-state index contributed by atoms with van der Waals surface area (Å²) in [5.41, 5.74) is 3.04. The number of aromatic nitrogens is 2. The number of fused-ring (bicyclic) bond motifs is 1. The van der Waals surface area contributed by atoms with Gasteiger partial charge < -0.3 is 23.9 Å². The van der Waals surface area contributed by atoms with Gasteiger partial charge in [-0.15, -0.1) is 0 Å². The molecule has 8 heteroatoms. The predicted octanol–water partition coefficient (Wildman–Crippen LogP) is 5.55. The van der Waals surface area contributed by atoms with Crippen LogP contribution in [0.4, 0.5) is 4.79 Å². The van der Waals surface area contributed by atoms with Gasteiger partial charge in [-0.25, -0.2) is 9.78 Å². The maximum atomic E-state index is 12.5. The van der Waals surface area contributed by atoms with Crippen LogP contribution in [0.1, 0.15) is 70.2 Å². The molecule has 0 unspecified atom stereocenters. The Kier molecular flexibility index (Phi) is 6.53. The molecule has 4 rings (SSSR count). The van der Waals surface area contributed by atoms with Crippen molar-refractivity contribution in [1.29, 1.82) is 0 Å². The number of oxazole rings is 1. The molecule has 1 aliphatic rings. The highest BCUT2D eigenvalue weighted by Crippen LogP contribution is 2.41. The molecule has 0 radical (unpaired) electrons. The predicted molar refractivity (Wildman–Crippen MR) is 134 cm³/mol. The molecule has 2 aromatic heterocycles. The maximum Gasteiger partial charge on any atom is 0.410 e. The molecule has 1 saturated heterocycles. The molecule has 35 heavy (non-hydrogen) atoms. The Bertz CT molecular complexity index is 1210. The van der Waals surface area contributed by atoms with E-state index >= 15 is 0 Å². The number of benzene rings is 1. The number of hydrogen-bond acceptors (Lipinski definition) is 7. The first-order valence-electron chi connectivity index (χ1n) is 12.0. The van der Waals surface area contributed by atoms with Crippen LogP contribution in [0.3, 0.4) is 0 Å². The molecule has 3 aromatic rings. The summed E-state index contributed by atoms with van der Waals surface area (Å²) in [6.45, 7) is 12.3. The highest BCUT2D eigenvalue weighted by atomic mass is 16.6. The van der Waals surface area contributed by atoms with Gasteiger partial charge in [-0.05, 0) is 78.0 Å². The highest BCUT2D eigenvalue weighted by Gasteiger charge is 2.31. The van der Waals surface area contributed by atoms with Gasteiger partial charge in [0.05, 0.1) is 12.7 Å². The summed E-state index contributed by atoms with van der Waals surface area (Å²) in [4.78, 5) is 23.6. The van der Waals surface area contributed by atoms with Crippen molar-refractivity contribution in [3.63, 3.8) is 0 Å². The van der Waals surface area contributed by atoms with Crippen molar-refractivity contribution in [3.05, 3.63) is 41.1 Å². The quantitative estimate of drug-likeness (QED) is 0.522. The number of amides is 1. The molecule has 0 aliphatic carbocycles. The van der Waals surface area contributed by atoms with Crippen molar-refractivity contribution >= 4 is 17.3 Å². The van der Waals surface area contributed by atoms with E-state index in [0.29, 0.717) is 36.0 Å². The Balaban J connectivity index is 1.61. The van der Waals surface area contributed by atoms with Gasteiger partial charge in [0.2, 0.25) is 17.1 Å². The number of aliphatic hydroxyl groups is 1. The van der Waals surface area contributed by atoms with Crippen LogP contribution in [-0.4, -0.2) is 51.9 Å². The van der Waals surface area contributed by atoms with E-state index in [1.807, 2.05) is 52.0 Å². The lowest BCUT2D eigenvalue weighted by Gasteiger charge is -2.34. The largest absolute Gasteiger partial charge is 0.492 e. The second-order valence-corrected chi connectivity index (χ2v) is 10.7. The molecular weight excluding hydrogens is 446 g/mol. The van der Waals surface area contributed by atoms with Crippen molar-refractivity contribution < 1.29 is 23.8 Å². The summed E-state index contributed by atoms with van der Waals surface area (Å²) in [5.74, 6) is 1.28. The molecular formula is C27H35N3O5. The summed E-state index contributed by atoms with van der Waals surface area (Å²) in [7, 11) is 1.63. The molecule has 1 aliphatic heterocycles. The Morgan fingerprint density at radius 1 is 1.09 bits per heavy atom. The molecule has 1 N–H and O–H groups in total. The Morgan fingerprint density at radius 2 is 1.71 bits per heavy atom. The number of rotatable bonds is 4. The third-order valence-electron chi connectivity index (χ3n) is 6.32. The van der Waals surface area contributed by atoms with Crippen molar-refractivity contribution in [1.82, 2.24) is 14.9 Å². The SMILES string of the molecule is COc1c(C2CCN(C(=O)OC(C)(C)C)CC2)c(C)nc2nc(-c3ccc(C(C)(C)O)cc3)oc12. The monoisotopic (exact) mass is 481 g/mol. The van der Waals surface area contributed by atoms with Crippen molar-refractivity contribution in [2.45, 2.75) is 71.5 Å². The van der Waals surface area contributed by atoms with E-state index < -0.39 is 11.2 Å². The van der Waals surface area contributed by atoms with Crippen LogP contribution in [0.2, 0.25) is 0 Å². The number of carbonyl (C=O) groups is 1. The summed E-state index contributed by atoms with van der Waals surface area (Å²) >= 11 is 0. The zero-order chi connectivity index (χ0) is 25.5. The number of methoxy groups -OCH3 is 1. The number of ether oxygens (including phenoxy) is 2. The lowest BCUT2D eigenvalue weighted by Crippen LogP contribution is -2.41. The number of hydrogen-bond donors (Lipinski definition) is 1. The van der Waals surface area contributed by atoms with Crippen LogP contribution in [0, 0.1) is 6.92 Å². The van der Waals surface area contributed by atoms with Gasteiger partial charge in [-0.3, -0.25) is 0 Å². The van der Waals surface area contributed by atoms with Crippen LogP contribution in [0.5, 0.6) is 5.75 Å². The van der Waals surface area contributed by atoms with Crippen LogP contribution in [0.15, 0.2) is 28.7 Å². The zero-order valence-corrected chi connectivity index (χ0v) is 21.6. The fourth-order valence-corrected chi connectivity index (χ4v) is 4.55. The van der Waals surface area contributed by atoms with Gasteiger partial charge >= 0.3 is 6.09 Å². The summed E-state index contributed by atoms with van der Waals surface area (Å²) in [6, 6.07) is 7.49. The summed E-state index contributed by atoms with van der Waals surface area (Å²) in [5, 5.41) is 10.2. The molecule has 0 atom stereocenters. The minimum Gasteiger partial charge on any atom is -0.492 e. The van der Waals surface area contributed by atoms with E-state index in [2.05, 4.69) is 4.98 Å². The topological polar surface area (TPSA) is 97.9 Å². The van der Waals surface area contributed by atoms with Gasteiger partial charge in [0, 0.05) is 29.9 Å². The van der Waals surface area contributed by atoms with Crippen LogP contribution >= 0.6 is 0 Å². The second kappa shape index (κ2) is 9.15. The van der Waals surface area contributed by atoms with E-state index in [1.165, 1.54) is 0 Å². The zero-order valence-electron chi connectivity index (χ0n) is 21.6. The molecule has 1 amide bonds. The number of aryl methyl sites for hydroxylation is 1. The Morgan fingerprint density at radius 3 is 2.26 bits per heavy atom. The van der Waals surface area contributed by atoms with E-state index in [4.69, 9.17) is 18.9 Å². The van der Waals surface area contributed by atoms with Crippen LogP contribution < -0.4 is 4.74 Å². The van der Waals surface area contributed by atoms with Crippen molar-refractivity contribution in [2.24, 2.45) is 0 Å². The number of piperidine rings is 1. The molecule has 188 valence electrons. The minimum atomic E-state index is -0.921. The van der Waals surface area contributed by atoms with E-state index in [-0.39, 0.29) is 12.0 Å². The molecule has 3 heterocycles.